The summed E-state index contributed by atoms with van der Waals surface area (Å²) in [6.45, 7) is 0.391. The van der Waals surface area contributed by atoms with Gasteiger partial charge in [-0.1, -0.05) is 12.1 Å². The molecule has 3 rings (SSSR count). The van der Waals surface area contributed by atoms with Gasteiger partial charge in [0.05, 0.1) is 27.6 Å². The third kappa shape index (κ3) is 3.45. The number of nitrogens with zero attached hydrogens (tertiary/aromatic N) is 2. The first kappa shape index (κ1) is 17.3. The highest BCUT2D eigenvalue weighted by Gasteiger charge is 2.28. The molecule has 1 aliphatic rings. The predicted octanol–water partition coefficient (Wildman–Crippen LogP) is 1.90. The molecule has 9 heteroatoms. The van der Waals surface area contributed by atoms with Crippen molar-refractivity contribution in [3.8, 4) is 6.07 Å². The van der Waals surface area contributed by atoms with E-state index in [0.29, 0.717) is 18.7 Å². The molecule has 0 spiro atoms. The van der Waals surface area contributed by atoms with Crippen molar-refractivity contribution < 1.29 is 16.8 Å². The second-order valence-electron chi connectivity index (χ2n) is 5.50. The number of sulfonamides is 2. The second-order valence-corrected chi connectivity index (χ2v) is 9.19. The molecule has 0 aromatic heterocycles. The van der Waals surface area contributed by atoms with Crippen LogP contribution in [0.25, 0.3) is 0 Å². The van der Waals surface area contributed by atoms with Gasteiger partial charge in [-0.2, -0.15) is 5.26 Å². The van der Waals surface area contributed by atoms with Crippen molar-refractivity contribution in [2.24, 2.45) is 0 Å². The van der Waals surface area contributed by atoms with Crippen LogP contribution in [0.15, 0.2) is 53.4 Å². The Morgan fingerprint density at radius 1 is 1.08 bits per heavy atom. The van der Waals surface area contributed by atoms with Crippen LogP contribution in [-0.4, -0.2) is 29.1 Å². The monoisotopic (exact) mass is 377 g/mol. The van der Waals surface area contributed by atoms with Crippen LogP contribution in [0.1, 0.15) is 12.0 Å². The molecule has 1 fully saturated rings. The van der Waals surface area contributed by atoms with Gasteiger partial charge < -0.3 is 0 Å². The number of benzene rings is 2. The molecule has 25 heavy (non-hydrogen) atoms. The van der Waals surface area contributed by atoms with E-state index in [0.717, 1.165) is 0 Å². The lowest BCUT2D eigenvalue weighted by molar-refractivity contribution is 0.599. The minimum atomic E-state index is -3.88. The fraction of sp³-hybridized carbons (Fsp3) is 0.188. The van der Waals surface area contributed by atoms with Gasteiger partial charge in [0.1, 0.15) is 6.07 Å². The van der Waals surface area contributed by atoms with Crippen molar-refractivity contribution in [1.82, 2.24) is 0 Å². The normalized spacial score (nSPS) is 16.4. The topological polar surface area (TPSA) is 107 Å². The SMILES string of the molecule is N#Cc1ccccc1NS(=O)(=O)c1ccc(N2CCCS2(=O)=O)cc1. The van der Waals surface area contributed by atoms with Crippen LogP contribution in [0.5, 0.6) is 0 Å². The highest BCUT2D eigenvalue weighted by Crippen LogP contribution is 2.26. The maximum atomic E-state index is 12.5. The van der Waals surface area contributed by atoms with Crippen LogP contribution in [0.3, 0.4) is 0 Å². The van der Waals surface area contributed by atoms with Gasteiger partial charge in [0, 0.05) is 6.54 Å². The molecule has 0 atom stereocenters. The second kappa shape index (κ2) is 6.38. The highest BCUT2D eigenvalue weighted by atomic mass is 32.2. The predicted molar refractivity (Wildman–Crippen MR) is 94.2 cm³/mol. The summed E-state index contributed by atoms with van der Waals surface area (Å²) in [5.74, 6) is 0.0968. The molecule has 0 amide bonds. The average molecular weight is 377 g/mol. The van der Waals surface area contributed by atoms with E-state index in [4.69, 9.17) is 5.26 Å². The van der Waals surface area contributed by atoms with E-state index in [-0.39, 0.29) is 21.9 Å². The molecule has 0 saturated carbocycles. The molecular weight excluding hydrogens is 362 g/mol. The zero-order chi connectivity index (χ0) is 18.1. The first-order valence-corrected chi connectivity index (χ1v) is 10.6. The molecule has 1 aliphatic heterocycles. The molecule has 2 aromatic rings. The quantitative estimate of drug-likeness (QED) is 0.875. The fourth-order valence-electron chi connectivity index (χ4n) is 2.59. The lowest BCUT2D eigenvalue weighted by Gasteiger charge is -2.17. The molecule has 1 heterocycles. The smallest absolute Gasteiger partial charge is 0.261 e. The molecule has 0 bridgehead atoms. The number of para-hydroxylation sites is 1. The summed E-state index contributed by atoms with van der Waals surface area (Å²) in [5.41, 5.74) is 0.843. The minimum Gasteiger partial charge on any atom is -0.278 e. The van der Waals surface area contributed by atoms with Gasteiger partial charge in [0.25, 0.3) is 10.0 Å². The Morgan fingerprint density at radius 3 is 2.36 bits per heavy atom. The van der Waals surface area contributed by atoms with Gasteiger partial charge in [-0.05, 0) is 42.8 Å². The van der Waals surface area contributed by atoms with E-state index in [1.807, 2.05) is 6.07 Å². The number of nitriles is 1. The van der Waals surface area contributed by atoms with E-state index in [1.165, 1.54) is 40.7 Å². The van der Waals surface area contributed by atoms with Gasteiger partial charge in [-0.3, -0.25) is 9.03 Å². The van der Waals surface area contributed by atoms with Crippen molar-refractivity contribution in [3.63, 3.8) is 0 Å². The van der Waals surface area contributed by atoms with E-state index >= 15 is 0 Å². The van der Waals surface area contributed by atoms with Crippen molar-refractivity contribution in [2.45, 2.75) is 11.3 Å². The van der Waals surface area contributed by atoms with Crippen molar-refractivity contribution >= 4 is 31.4 Å². The van der Waals surface area contributed by atoms with Gasteiger partial charge in [-0.25, -0.2) is 16.8 Å². The molecule has 0 radical (unpaired) electrons. The van der Waals surface area contributed by atoms with E-state index in [9.17, 15) is 16.8 Å². The highest BCUT2D eigenvalue weighted by molar-refractivity contribution is 7.93. The van der Waals surface area contributed by atoms with Crippen LogP contribution in [0.2, 0.25) is 0 Å². The zero-order valence-corrected chi connectivity index (χ0v) is 14.7. The molecule has 0 unspecified atom stereocenters. The first-order chi connectivity index (χ1) is 11.8. The van der Waals surface area contributed by atoms with E-state index in [2.05, 4.69) is 4.72 Å². The molecule has 1 saturated heterocycles. The number of rotatable bonds is 4. The van der Waals surface area contributed by atoms with Gasteiger partial charge in [0.15, 0.2) is 0 Å². The summed E-state index contributed by atoms with van der Waals surface area (Å²) in [6.07, 6.45) is 0.550. The van der Waals surface area contributed by atoms with Crippen molar-refractivity contribution in [2.75, 3.05) is 21.3 Å². The van der Waals surface area contributed by atoms with Gasteiger partial charge >= 0.3 is 0 Å². The molecule has 130 valence electrons. The number of nitrogens with one attached hydrogen (secondary N) is 1. The Morgan fingerprint density at radius 2 is 1.76 bits per heavy atom. The average Bonchev–Trinajstić information content (AvgIpc) is 2.94. The summed E-state index contributed by atoms with van der Waals surface area (Å²) in [7, 11) is -7.20. The minimum absolute atomic E-state index is 0.0133. The molecule has 7 nitrogen and oxygen atoms in total. The summed E-state index contributed by atoms with van der Waals surface area (Å²) in [6, 6.07) is 13.8. The Labute approximate surface area is 146 Å². The number of anilines is 2. The Bertz CT molecular complexity index is 1040. The van der Waals surface area contributed by atoms with Crippen molar-refractivity contribution in [1.29, 1.82) is 5.26 Å². The Kier molecular flexibility index (Phi) is 4.41. The van der Waals surface area contributed by atoms with Crippen LogP contribution in [-0.2, 0) is 20.0 Å². The van der Waals surface area contributed by atoms with Crippen LogP contribution in [0.4, 0.5) is 11.4 Å². The zero-order valence-electron chi connectivity index (χ0n) is 13.1. The summed E-state index contributed by atoms with van der Waals surface area (Å²) < 4.78 is 52.5. The van der Waals surface area contributed by atoms with E-state index in [1.54, 1.807) is 12.1 Å². The van der Waals surface area contributed by atoms with Gasteiger partial charge in [-0.15, -0.1) is 0 Å². The number of hydrogen-bond donors (Lipinski definition) is 1. The Hall–Kier alpha value is -2.57. The lowest BCUT2D eigenvalue weighted by Crippen LogP contribution is -2.25. The maximum absolute atomic E-state index is 12.5. The summed E-state index contributed by atoms with van der Waals surface area (Å²) in [4.78, 5) is -0.0133. The maximum Gasteiger partial charge on any atom is 0.261 e. The molecule has 2 aromatic carbocycles. The summed E-state index contributed by atoms with van der Waals surface area (Å²) in [5, 5.41) is 9.05. The fourth-order valence-corrected chi connectivity index (χ4v) is 5.24. The van der Waals surface area contributed by atoms with Crippen LogP contribution < -0.4 is 9.03 Å². The largest absolute Gasteiger partial charge is 0.278 e. The van der Waals surface area contributed by atoms with Crippen LogP contribution in [0, 0.1) is 11.3 Å². The van der Waals surface area contributed by atoms with Crippen molar-refractivity contribution in [3.05, 3.63) is 54.1 Å². The third-order valence-corrected chi connectivity index (χ3v) is 7.08. The first-order valence-electron chi connectivity index (χ1n) is 7.46. The Balaban J connectivity index is 1.88. The summed E-state index contributed by atoms with van der Waals surface area (Å²) >= 11 is 0. The molecular formula is C16H15N3O4S2. The molecule has 0 aliphatic carbocycles. The molecule has 1 N–H and O–H groups in total. The van der Waals surface area contributed by atoms with Crippen LogP contribution >= 0.6 is 0 Å². The standard InChI is InChI=1S/C16H15N3O4S2/c17-12-13-4-1-2-5-16(13)18-25(22,23)15-8-6-14(7-9-15)19-10-3-11-24(19,20)21/h1-2,4-9,18H,3,10-11H2. The lowest BCUT2D eigenvalue weighted by atomic mass is 10.2. The van der Waals surface area contributed by atoms with Gasteiger partial charge in [0.2, 0.25) is 10.0 Å². The third-order valence-electron chi connectivity index (χ3n) is 3.83. The number of hydrogen-bond acceptors (Lipinski definition) is 5. The van der Waals surface area contributed by atoms with E-state index < -0.39 is 20.0 Å².